The summed E-state index contributed by atoms with van der Waals surface area (Å²) < 4.78 is 12.2. The monoisotopic (exact) mass is 410 g/mol. The molecule has 1 amide bonds. The molecule has 7 nitrogen and oxygen atoms in total. The maximum absolute atomic E-state index is 13.3. The first kappa shape index (κ1) is 17.9. The molecule has 1 saturated heterocycles. The van der Waals surface area contributed by atoms with Crippen LogP contribution in [-0.4, -0.2) is 35.5 Å². The highest BCUT2D eigenvalue weighted by Crippen LogP contribution is 2.39. The Bertz CT molecular complexity index is 1130. The fourth-order valence-corrected chi connectivity index (χ4v) is 5.01. The summed E-state index contributed by atoms with van der Waals surface area (Å²) in [6.07, 6.45) is 1.82. The van der Waals surface area contributed by atoms with Gasteiger partial charge in [0.05, 0.1) is 15.8 Å². The fraction of sp³-hybridized carbons (Fsp3) is 0.286. The summed E-state index contributed by atoms with van der Waals surface area (Å²) in [5, 5.41) is 11.7. The van der Waals surface area contributed by atoms with Crippen LogP contribution >= 0.6 is 11.3 Å². The van der Waals surface area contributed by atoms with Gasteiger partial charge in [-0.25, -0.2) is 0 Å². The van der Waals surface area contributed by atoms with E-state index in [0.29, 0.717) is 24.6 Å². The Hall–Kier alpha value is -3.13. The van der Waals surface area contributed by atoms with Crippen molar-refractivity contribution in [1.29, 1.82) is 0 Å². The molecule has 3 heterocycles. The number of nitro benzene ring substituents is 1. The lowest BCUT2D eigenvalue weighted by Gasteiger charge is -2.26. The molecule has 0 N–H and O–H groups in total. The summed E-state index contributed by atoms with van der Waals surface area (Å²) >= 11 is 1.37. The van der Waals surface area contributed by atoms with E-state index in [1.807, 2.05) is 23.1 Å². The van der Waals surface area contributed by atoms with Crippen LogP contribution in [0.15, 0.2) is 42.5 Å². The summed E-state index contributed by atoms with van der Waals surface area (Å²) in [6.45, 7) is 1.76. The molecule has 1 aromatic heterocycles. The zero-order valence-electron chi connectivity index (χ0n) is 15.5. The molecule has 1 atom stereocenters. The number of hydrogen-bond donors (Lipinski definition) is 0. The number of nitro groups is 1. The molecule has 5 rings (SSSR count). The molecule has 2 aliphatic heterocycles. The minimum absolute atomic E-state index is 0.0159. The van der Waals surface area contributed by atoms with Gasteiger partial charge in [-0.05, 0) is 42.7 Å². The van der Waals surface area contributed by atoms with Gasteiger partial charge in [0.25, 0.3) is 11.6 Å². The van der Waals surface area contributed by atoms with Gasteiger partial charge >= 0.3 is 0 Å². The standard InChI is InChI=1S/C21H18N2O5S/c24-21(20-12-14-10-15(23(25)26)4-6-19(14)29-20)22-7-1-2-16(22)13-3-5-17-18(11-13)28-9-8-27-17/h3-6,10-12,16H,1-2,7-9H2/t16-/m0/s1. The number of carbonyl (C=O) groups is 1. The number of amides is 1. The number of fused-ring (bicyclic) bond motifs is 2. The fourth-order valence-electron chi connectivity index (χ4n) is 4.01. The summed E-state index contributed by atoms with van der Waals surface area (Å²) in [7, 11) is 0. The highest BCUT2D eigenvalue weighted by Gasteiger charge is 2.32. The van der Waals surface area contributed by atoms with Crippen LogP contribution in [0.1, 0.15) is 34.1 Å². The Labute approximate surface area is 170 Å². The van der Waals surface area contributed by atoms with Gasteiger partial charge in [0.2, 0.25) is 0 Å². The third kappa shape index (κ3) is 3.19. The number of non-ortho nitro benzene ring substituents is 1. The molecule has 29 heavy (non-hydrogen) atoms. The number of carbonyl (C=O) groups excluding carboxylic acids is 1. The van der Waals surface area contributed by atoms with E-state index in [1.54, 1.807) is 12.1 Å². The molecular formula is C21H18N2O5S. The van der Waals surface area contributed by atoms with Crippen molar-refractivity contribution in [2.45, 2.75) is 18.9 Å². The van der Waals surface area contributed by atoms with Crippen molar-refractivity contribution in [3.63, 3.8) is 0 Å². The van der Waals surface area contributed by atoms with Crippen molar-refractivity contribution in [3.05, 3.63) is 63.0 Å². The molecule has 0 aliphatic carbocycles. The molecule has 0 radical (unpaired) electrons. The van der Waals surface area contributed by atoms with E-state index >= 15 is 0 Å². The molecule has 0 spiro atoms. The summed E-state index contributed by atoms with van der Waals surface area (Å²) in [5.41, 5.74) is 1.07. The van der Waals surface area contributed by atoms with Crippen LogP contribution < -0.4 is 9.47 Å². The maximum atomic E-state index is 13.3. The predicted molar refractivity (Wildman–Crippen MR) is 109 cm³/mol. The molecule has 148 valence electrons. The van der Waals surface area contributed by atoms with Gasteiger partial charge in [-0.2, -0.15) is 0 Å². The Morgan fingerprint density at radius 1 is 1.10 bits per heavy atom. The first-order valence-electron chi connectivity index (χ1n) is 9.49. The first-order valence-corrected chi connectivity index (χ1v) is 10.3. The van der Waals surface area contributed by atoms with Crippen molar-refractivity contribution in [1.82, 2.24) is 4.90 Å². The predicted octanol–water partition coefficient (Wildman–Crippen LogP) is 4.56. The number of hydrogen-bond acceptors (Lipinski definition) is 6. The molecule has 0 unspecified atom stereocenters. The third-order valence-corrected chi connectivity index (χ3v) is 6.49. The van der Waals surface area contributed by atoms with E-state index in [9.17, 15) is 14.9 Å². The summed E-state index contributed by atoms with van der Waals surface area (Å²) in [4.78, 5) is 26.3. The smallest absolute Gasteiger partial charge is 0.270 e. The van der Waals surface area contributed by atoms with Gasteiger partial charge in [-0.1, -0.05) is 6.07 Å². The lowest BCUT2D eigenvalue weighted by atomic mass is 10.0. The van der Waals surface area contributed by atoms with Crippen molar-refractivity contribution in [2.24, 2.45) is 0 Å². The largest absolute Gasteiger partial charge is 0.486 e. The van der Waals surface area contributed by atoms with E-state index < -0.39 is 4.92 Å². The molecule has 3 aromatic rings. The van der Waals surface area contributed by atoms with E-state index in [-0.39, 0.29) is 17.6 Å². The summed E-state index contributed by atoms with van der Waals surface area (Å²) in [6, 6.07) is 12.3. The number of nitrogens with zero attached hydrogens (tertiary/aromatic N) is 2. The normalized spacial score (nSPS) is 18.2. The van der Waals surface area contributed by atoms with Gasteiger partial charge in [0.1, 0.15) is 13.2 Å². The minimum atomic E-state index is -0.420. The molecule has 8 heteroatoms. The van der Waals surface area contributed by atoms with Crippen molar-refractivity contribution >= 4 is 33.0 Å². The van der Waals surface area contributed by atoms with Gasteiger partial charge in [0.15, 0.2) is 11.5 Å². The van der Waals surface area contributed by atoms with E-state index in [0.717, 1.165) is 40.0 Å². The SMILES string of the molecule is O=C(c1cc2cc([N+](=O)[O-])ccc2s1)N1CCC[C@H]1c1ccc2c(c1)OCCO2. The number of benzene rings is 2. The quantitative estimate of drug-likeness (QED) is 0.467. The first-order chi connectivity index (χ1) is 14.1. The van der Waals surface area contributed by atoms with Crippen LogP contribution in [0.3, 0.4) is 0 Å². The highest BCUT2D eigenvalue weighted by molar-refractivity contribution is 7.20. The lowest BCUT2D eigenvalue weighted by Crippen LogP contribution is -2.30. The van der Waals surface area contributed by atoms with Crippen LogP contribution in [0.2, 0.25) is 0 Å². The topological polar surface area (TPSA) is 81.9 Å². The number of thiophene rings is 1. The van der Waals surface area contributed by atoms with E-state index in [2.05, 4.69) is 0 Å². The van der Waals surface area contributed by atoms with E-state index in [1.165, 1.54) is 23.5 Å². The Morgan fingerprint density at radius 3 is 2.76 bits per heavy atom. The van der Waals surface area contributed by atoms with Crippen LogP contribution in [0.4, 0.5) is 5.69 Å². The lowest BCUT2D eigenvalue weighted by molar-refractivity contribution is -0.384. The average molecular weight is 410 g/mol. The zero-order valence-corrected chi connectivity index (χ0v) is 16.3. The van der Waals surface area contributed by atoms with Crippen LogP contribution in [0.5, 0.6) is 11.5 Å². The minimum Gasteiger partial charge on any atom is -0.486 e. The van der Waals surface area contributed by atoms with Crippen molar-refractivity contribution in [3.8, 4) is 11.5 Å². The van der Waals surface area contributed by atoms with Gasteiger partial charge in [-0.3, -0.25) is 14.9 Å². The van der Waals surface area contributed by atoms with Crippen LogP contribution in [0, 0.1) is 10.1 Å². The molecule has 0 bridgehead atoms. The van der Waals surface area contributed by atoms with Gasteiger partial charge < -0.3 is 14.4 Å². The van der Waals surface area contributed by atoms with Crippen molar-refractivity contribution < 1.29 is 19.2 Å². The summed E-state index contributed by atoms with van der Waals surface area (Å²) in [5.74, 6) is 1.43. The van der Waals surface area contributed by atoms with Crippen LogP contribution in [0.25, 0.3) is 10.1 Å². The molecular weight excluding hydrogens is 392 g/mol. The molecule has 2 aliphatic rings. The Balaban J connectivity index is 1.44. The highest BCUT2D eigenvalue weighted by atomic mass is 32.1. The van der Waals surface area contributed by atoms with Crippen LogP contribution in [-0.2, 0) is 0 Å². The van der Waals surface area contributed by atoms with E-state index in [4.69, 9.17) is 9.47 Å². The molecule has 0 saturated carbocycles. The number of ether oxygens (including phenoxy) is 2. The third-order valence-electron chi connectivity index (χ3n) is 5.39. The second kappa shape index (κ2) is 7.04. The Morgan fingerprint density at radius 2 is 1.93 bits per heavy atom. The molecule has 2 aromatic carbocycles. The van der Waals surface area contributed by atoms with Gasteiger partial charge in [-0.15, -0.1) is 11.3 Å². The van der Waals surface area contributed by atoms with Crippen molar-refractivity contribution in [2.75, 3.05) is 19.8 Å². The average Bonchev–Trinajstić information content (AvgIpc) is 3.39. The Kier molecular flexibility index (Phi) is 4.35. The molecule has 1 fully saturated rings. The van der Waals surface area contributed by atoms with Gasteiger partial charge in [0, 0.05) is 28.8 Å². The second-order valence-corrected chi connectivity index (χ2v) is 8.23. The maximum Gasteiger partial charge on any atom is 0.270 e. The number of rotatable bonds is 3. The second-order valence-electron chi connectivity index (χ2n) is 7.15. The number of likely N-dealkylation sites (tertiary alicyclic amines) is 1. The zero-order chi connectivity index (χ0) is 20.0.